The van der Waals surface area contributed by atoms with Gasteiger partial charge in [0.1, 0.15) is 0 Å². The van der Waals surface area contributed by atoms with Crippen LogP contribution in [0.2, 0.25) is 0 Å². The molecular formula is C16H26O2. The molecule has 0 aromatic rings. The molecule has 0 saturated heterocycles. The van der Waals surface area contributed by atoms with Gasteiger partial charge in [-0.3, -0.25) is 0 Å². The molecular weight excluding hydrogens is 224 g/mol. The molecule has 2 heteroatoms. The molecule has 102 valence electrons. The molecule has 1 rings (SSSR count). The molecule has 0 radical (unpaired) electrons. The third-order valence-electron chi connectivity index (χ3n) is 3.26. The topological polar surface area (TPSA) is 29.5 Å². The van der Waals surface area contributed by atoms with Crippen LogP contribution in [0.15, 0.2) is 36.5 Å². The summed E-state index contributed by atoms with van der Waals surface area (Å²) in [6.45, 7) is 6.00. The van der Waals surface area contributed by atoms with E-state index in [2.05, 4.69) is 32.1 Å². The van der Waals surface area contributed by atoms with Gasteiger partial charge in [-0.05, 0) is 26.7 Å². The summed E-state index contributed by atoms with van der Waals surface area (Å²) in [6, 6.07) is 0. The number of unbranched alkanes of at least 4 members (excludes halogenated alkanes) is 3. The molecule has 2 nitrogen and oxygen atoms in total. The second kappa shape index (κ2) is 7.55. The molecule has 1 N–H and O–H groups in total. The summed E-state index contributed by atoms with van der Waals surface area (Å²) in [5.74, 6) is 0. The Kier molecular flexibility index (Phi) is 6.37. The first-order valence-electron chi connectivity index (χ1n) is 6.96. The number of allylic oxidation sites excluding steroid dienone is 3. The molecule has 3 atom stereocenters. The van der Waals surface area contributed by atoms with Gasteiger partial charge in [-0.25, -0.2) is 0 Å². The average molecular weight is 250 g/mol. The standard InChI is InChI=1S/C16H26O2/c1-4-5-6-7-9-12-16(3)13-10-8-11-15(16)18-14(2)17/h8-15,17H,4-7H2,1-3H3. The zero-order valence-electron chi connectivity index (χ0n) is 11.8. The minimum atomic E-state index is -0.737. The monoisotopic (exact) mass is 250 g/mol. The van der Waals surface area contributed by atoms with E-state index < -0.39 is 6.29 Å². The van der Waals surface area contributed by atoms with Gasteiger partial charge in [0, 0.05) is 5.41 Å². The average Bonchev–Trinajstić information content (AvgIpc) is 2.32. The molecule has 1 aliphatic carbocycles. The van der Waals surface area contributed by atoms with E-state index in [4.69, 9.17) is 4.74 Å². The fourth-order valence-electron chi connectivity index (χ4n) is 2.13. The molecule has 0 aromatic heterocycles. The Morgan fingerprint density at radius 3 is 2.83 bits per heavy atom. The first-order valence-corrected chi connectivity index (χ1v) is 6.96. The minimum Gasteiger partial charge on any atom is -0.368 e. The molecule has 0 fully saturated rings. The Labute approximate surface area is 111 Å². The Hall–Kier alpha value is -0.860. The Morgan fingerprint density at radius 1 is 1.39 bits per heavy atom. The summed E-state index contributed by atoms with van der Waals surface area (Å²) in [7, 11) is 0. The second-order valence-electron chi connectivity index (χ2n) is 5.16. The van der Waals surface area contributed by atoms with E-state index in [1.807, 2.05) is 18.2 Å². The van der Waals surface area contributed by atoms with Gasteiger partial charge >= 0.3 is 0 Å². The van der Waals surface area contributed by atoms with Crippen molar-refractivity contribution in [2.24, 2.45) is 5.41 Å². The van der Waals surface area contributed by atoms with Crippen molar-refractivity contribution >= 4 is 0 Å². The van der Waals surface area contributed by atoms with Crippen LogP contribution in [0.25, 0.3) is 0 Å². The molecule has 0 amide bonds. The maximum Gasteiger partial charge on any atom is 0.152 e. The SMILES string of the molecule is CCCCCC=CC1(C)C=CC=CC1OC(C)O. The number of aliphatic hydroxyl groups is 1. The summed E-state index contributed by atoms with van der Waals surface area (Å²) in [5, 5.41) is 9.37. The first kappa shape index (κ1) is 15.2. The highest BCUT2D eigenvalue weighted by Gasteiger charge is 2.30. The quantitative estimate of drug-likeness (QED) is 0.421. The lowest BCUT2D eigenvalue weighted by Crippen LogP contribution is -2.33. The van der Waals surface area contributed by atoms with E-state index in [-0.39, 0.29) is 11.5 Å². The summed E-state index contributed by atoms with van der Waals surface area (Å²) in [5.41, 5.74) is -0.155. The van der Waals surface area contributed by atoms with E-state index in [9.17, 15) is 5.11 Å². The first-order chi connectivity index (χ1) is 8.58. The number of ether oxygens (including phenoxy) is 1. The zero-order chi connectivity index (χ0) is 13.4. The Bertz CT molecular complexity index is 315. The van der Waals surface area contributed by atoms with Crippen molar-refractivity contribution in [3.8, 4) is 0 Å². The van der Waals surface area contributed by atoms with Crippen molar-refractivity contribution in [1.29, 1.82) is 0 Å². The van der Waals surface area contributed by atoms with Gasteiger partial charge in [0.25, 0.3) is 0 Å². The van der Waals surface area contributed by atoms with Crippen LogP contribution in [-0.2, 0) is 4.74 Å². The van der Waals surface area contributed by atoms with Gasteiger partial charge in [0.15, 0.2) is 6.29 Å². The number of rotatable bonds is 7. The van der Waals surface area contributed by atoms with Crippen LogP contribution in [-0.4, -0.2) is 17.5 Å². The van der Waals surface area contributed by atoms with Crippen LogP contribution in [0.5, 0.6) is 0 Å². The van der Waals surface area contributed by atoms with Crippen LogP contribution in [0, 0.1) is 5.41 Å². The lowest BCUT2D eigenvalue weighted by molar-refractivity contribution is -0.127. The van der Waals surface area contributed by atoms with E-state index >= 15 is 0 Å². The normalized spacial score (nSPS) is 29.0. The Morgan fingerprint density at radius 2 is 2.17 bits per heavy atom. The van der Waals surface area contributed by atoms with Gasteiger partial charge < -0.3 is 9.84 Å². The summed E-state index contributed by atoms with van der Waals surface area (Å²) in [6.07, 6.45) is 16.6. The summed E-state index contributed by atoms with van der Waals surface area (Å²) < 4.78 is 5.55. The minimum absolute atomic E-state index is 0.0927. The predicted molar refractivity (Wildman–Crippen MR) is 76.2 cm³/mol. The van der Waals surface area contributed by atoms with Crippen molar-refractivity contribution in [3.63, 3.8) is 0 Å². The van der Waals surface area contributed by atoms with E-state index in [1.54, 1.807) is 6.92 Å². The molecule has 0 spiro atoms. The van der Waals surface area contributed by atoms with Crippen LogP contribution < -0.4 is 0 Å². The van der Waals surface area contributed by atoms with Crippen LogP contribution >= 0.6 is 0 Å². The van der Waals surface area contributed by atoms with Gasteiger partial charge in [0.05, 0.1) is 6.10 Å². The second-order valence-corrected chi connectivity index (χ2v) is 5.16. The van der Waals surface area contributed by atoms with Crippen molar-refractivity contribution in [3.05, 3.63) is 36.5 Å². The maximum atomic E-state index is 9.37. The van der Waals surface area contributed by atoms with E-state index in [0.29, 0.717) is 0 Å². The van der Waals surface area contributed by atoms with Gasteiger partial charge in [-0.1, -0.05) is 56.2 Å². The smallest absolute Gasteiger partial charge is 0.152 e. The molecule has 0 saturated carbocycles. The third-order valence-corrected chi connectivity index (χ3v) is 3.26. The molecule has 0 aliphatic heterocycles. The summed E-state index contributed by atoms with van der Waals surface area (Å²) in [4.78, 5) is 0. The molecule has 0 aromatic carbocycles. The predicted octanol–water partition coefficient (Wildman–Crippen LogP) is 3.98. The number of hydrogen-bond acceptors (Lipinski definition) is 2. The lowest BCUT2D eigenvalue weighted by atomic mass is 9.80. The lowest BCUT2D eigenvalue weighted by Gasteiger charge is -2.33. The largest absolute Gasteiger partial charge is 0.368 e. The molecule has 0 heterocycles. The molecule has 18 heavy (non-hydrogen) atoms. The highest BCUT2D eigenvalue weighted by atomic mass is 16.6. The van der Waals surface area contributed by atoms with Crippen molar-refractivity contribution < 1.29 is 9.84 Å². The van der Waals surface area contributed by atoms with Crippen molar-refractivity contribution in [1.82, 2.24) is 0 Å². The molecule has 0 bridgehead atoms. The Balaban J connectivity index is 2.57. The van der Waals surface area contributed by atoms with Crippen molar-refractivity contribution in [2.45, 2.75) is 58.8 Å². The number of hydrogen-bond donors (Lipinski definition) is 1. The third kappa shape index (κ3) is 4.79. The fourth-order valence-corrected chi connectivity index (χ4v) is 2.13. The fraction of sp³-hybridized carbons (Fsp3) is 0.625. The van der Waals surface area contributed by atoms with Gasteiger partial charge in [-0.2, -0.15) is 0 Å². The van der Waals surface area contributed by atoms with E-state index in [1.165, 1.54) is 19.3 Å². The summed E-state index contributed by atoms with van der Waals surface area (Å²) >= 11 is 0. The highest BCUT2D eigenvalue weighted by Crippen LogP contribution is 2.32. The van der Waals surface area contributed by atoms with Crippen LogP contribution in [0.1, 0.15) is 46.5 Å². The number of aliphatic hydroxyl groups excluding tert-OH is 1. The van der Waals surface area contributed by atoms with Gasteiger partial charge in [0.2, 0.25) is 0 Å². The van der Waals surface area contributed by atoms with E-state index in [0.717, 1.165) is 6.42 Å². The molecule has 1 aliphatic rings. The zero-order valence-corrected chi connectivity index (χ0v) is 11.8. The maximum absolute atomic E-state index is 9.37. The van der Waals surface area contributed by atoms with Crippen molar-refractivity contribution in [2.75, 3.05) is 0 Å². The van der Waals surface area contributed by atoms with Crippen LogP contribution in [0.4, 0.5) is 0 Å². The van der Waals surface area contributed by atoms with Gasteiger partial charge in [-0.15, -0.1) is 0 Å². The van der Waals surface area contributed by atoms with Crippen LogP contribution in [0.3, 0.4) is 0 Å². The highest BCUT2D eigenvalue weighted by molar-refractivity contribution is 5.26. The molecule has 3 unspecified atom stereocenters.